The van der Waals surface area contributed by atoms with Crippen molar-refractivity contribution >= 4 is 29.6 Å². The lowest BCUT2D eigenvalue weighted by Crippen LogP contribution is -2.49. The van der Waals surface area contributed by atoms with Gasteiger partial charge in [0, 0.05) is 48.9 Å². The minimum absolute atomic E-state index is 0.0677. The van der Waals surface area contributed by atoms with Crippen LogP contribution in [0.4, 0.5) is 0 Å². The summed E-state index contributed by atoms with van der Waals surface area (Å²) in [5.74, 6) is -0.210. The lowest BCUT2D eigenvalue weighted by Gasteiger charge is -2.34. The van der Waals surface area contributed by atoms with E-state index < -0.39 is 0 Å². The standard InChI is InChI=1S/C25H29ClN2O3/c1-3-31-25(30)19(2)18-21-6-4-20(5-7-21)12-13-27-14-16-28(17-15-27)24(29)22-8-10-23(26)11-9-22/h4-11,18H,3,12-17H2,1-2H3. The first kappa shape index (κ1) is 23.0. The van der Waals surface area contributed by atoms with Gasteiger partial charge in [0.15, 0.2) is 0 Å². The van der Waals surface area contributed by atoms with Crippen LogP contribution in [0.5, 0.6) is 0 Å². The summed E-state index contributed by atoms with van der Waals surface area (Å²) in [5, 5.41) is 0.638. The van der Waals surface area contributed by atoms with Gasteiger partial charge in [-0.25, -0.2) is 4.79 Å². The van der Waals surface area contributed by atoms with Gasteiger partial charge in [-0.1, -0.05) is 35.9 Å². The molecule has 1 aliphatic rings. The molecule has 1 heterocycles. The van der Waals surface area contributed by atoms with Crippen molar-refractivity contribution in [1.29, 1.82) is 0 Å². The molecule has 5 nitrogen and oxygen atoms in total. The van der Waals surface area contributed by atoms with E-state index in [0.29, 0.717) is 22.8 Å². The summed E-state index contributed by atoms with van der Waals surface area (Å²) >= 11 is 5.91. The van der Waals surface area contributed by atoms with E-state index >= 15 is 0 Å². The highest BCUT2D eigenvalue weighted by Crippen LogP contribution is 2.14. The number of piperazine rings is 1. The van der Waals surface area contributed by atoms with E-state index in [9.17, 15) is 9.59 Å². The zero-order valence-corrected chi connectivity index (χ0v) is 18.9. The Morgan fingerprint density at radius 3 is 2.26 bits per heavy atom. The van der Waals surface area contributed by atoms with E-state index in [1.54, 1.807) is 38.1 Å². The molecule has 164 valence electrons. The number of hydrogen-bond acceptors (Lipinski definition) is 4. The lowest BCUT2D eigenvalue weighted by molar-refractivity contribution is -0.138. The number of halogens is 1. The molecule has 0 spiro atoms. The summed E-state index contributed by atoms with van der Waals surface area (Å²) in [6.07, 6.45) is 2.80. The maximum atomic E-state index is 12.6. The second kappa shape index (κ2) is 11.1. The number of hydrogen-bond donors (Lipinski definition) is 0. The predicted molar refractivity (Wildman–Crippen MR) is 124 cm³/mol. The first-order chi connectivity index (χ1) is 15.0. The van der Waals surface area contributed by atoms with E-state index in [4.69, 9.17) is 16.3 Å². The lowest BCUT2D eigenvalue weighted by atomic mass is 10.1. The minimum Gasteiger partial charge on any atom is -0.463 e. The maximum absolute atomic E-state index is 12.6. The molecule has 0 N–H and O–H groups in total. The number of esters is 1. The fraction of sp³-hybridized carbons (Fsp3) is 0.360. The number of nitrogens with zero attached hydrogens (tertiary/aromatic N) is 2. The van der Waals surface area contributed by atoms with Crippen LogP contribution in [0.3, 0.4) is 0 Å². The second-order valence-corrected chi connectivity index (χ2v) is 8.12. The molecule has 3 rings (SSSR count). The van der Waals surface area contributed by atoms with Gasteiger partial charge in [-0.15, -0.1) is 0 Å². The zero-order valence-electron chi connectivity index (χ0n) is 18.1. The second-order valence-electron chi connectivity index (χ2n) is 7.68. The Morgan fingerprint density at radius 2 is 1.65 bits per heavy atom. The maximum Gasteiger partial charge on any atom is 0.333 e. The monoisotopic (exact) mass is 440 g/mol. The number of benzene rings is 2. The highest BCUT2D eigenvalue weighted by Gasteiger charge is 2.21. The topological polar surface area (TPSA) is 49.9 Å². The third-order valence-electron chi connectivity index (χ3n) is 5.43. The molecule has 1 amide bonds. The van der Waals surface area contributed by atoms with Gasteiger partial charge >= 0.3 is 5.97 Å². The van der Waals surface area contributed by atoms with Crippen molar-refractivity contribution in [3.05, 3.63) is 75.8 Å². The number of carbonyl (C=O) groups is 2. The van der Waals surface area contributed by atoms with Crippen LogP contribution >= 0.6 is 11.6 Å². The van der Waals surface area contributed by atoms with Gasteiger partial charge < -0.3 is 9.64 Å². The highest BCUT2D eigenvalue weighted by molar-refractivity contribution is 6.30. The summed E-state index contributed by atoms with van der Waals surface area (Å²) in [5.41, 5.74) is 3.53. The van der Waals surface area contributed by atoms with Crippen LogP contribution in [0.2, 0.25) is 5.02 Å². The summed E-state index contributed by atoms with van der Waals surface area (Å²) in [7, 11) is 0. The van der Waals surface area contributed by atoms with Crippen molar-refractivity contribution in [1.82, 2.24) is 9.80 Å². The van der Waals surface area contributed by atoms with Gasteiger partial charge in [0.1, 0.15) is 0 Å². The molecule has 2 aromatic rings. The molecular weight excluding hydrogens is 412 g/mol. The van der Waals surface area contributed by atoms with E-state index in [2.05, 4.69) is 17.0 Å². The molecular formula is C25H29ClN2O3. The van der Waals surface area contributed by atoms with Crippen LogP contribution in [-0.2, 0) is 16.0 Å². The van der Waals surface area contributed by atoms with Gasteiger partial charge in [0.2, 0.25) is 0 Å². The summed E-state index contributed by atoms with van der Waals surface area (Å²) in [6, 6.07) is 15.3. The fourth-order valence-corrected chi connectivity index (χ4v) is 3.70. The Bertz CT molecular complexity index is 915. The van der Waals surface area contributed by atoms with E-state index in [-0.39, 0.29) is 11.9 Å². The van der Waals surface area contributed by atoms with Crippen LogP contribution in [-0.4, -0.2) is 61.0 Å². The SMILES string of the molecule is CCOC(=O)C(C)=Cc1ccc(CCN2CCN(C(=O)c3ccc(Cl)cc3)CC2)cc1. The van der Waals surface area contributed by atoms with E-state index in [1.807, 2.05) is 23.1 Å². The largest absolute Gasteiger partial charge is 0.463 e. The highest BCUT2D eigenvalue weighted by atomic mass is 35.5. The van der Waals surface area contributed by atoms with Crippen LogP contribution < -0.4 is 0 Å². The number of ether oxygens (including phenoxy) is 1. The van der Waals surface area contributed by atoms with Gasteiger partial charge in [-0.2, -0.15) is 0 Å². The van der Waals surface area contributed by atoms with Crippen LogP contribution in [0.25, 0.3) is 6.08 Å². The summed E-state index contributed by atoms with van der Waals surface area (Å²) in [4.78, 5) is 28.6. The van der Waals surface area contributed by atoms with Crippen molar-refractivity contribution in [2.75, 3.05) is 39.3 Å². The molecule has 1 aliphatic heterocycles. The molecule has 1 saturated heterocycles. The first-order valence-electron chi connectivity index (χ1n) is 10.7. The molecule has 0 bridgehead atoms. The predicted octanol–water partition coefficient (Wildman–Crippen LogP) is 4.31. The van der Waals surface area contributed by atoms with Crippen molar-refractivity contribution in [2.45, 2.75) is 20.3 Å². The van der Waals surface area contributed by atoms with E-state index in [0.717, 1.165) is 44.7 Å². The fourth-order valence-electron chi connectivity index (χ4n) is 3.57. The molecule has 0 radical (unpaired) electrons. The molecule has 2 aromatic carbocycles. The molecule has 6 heteroatoms. The smallest absolute Gasteiger partial charge is 0.333 e. The molecule has 0 saturated carbocycles. The summed E-state index contributed by atoms with van der Waals surface area (Å²) in [6.45, 7) is 8.13. The molecule has 0 atom stereocenters. The molecule has 1 fully saturated rings. The average molecular weight is 441 g/mol. The van der Waals surface area contributed by atoms with Gasteiger partial charge in [-0.05, 0) is 61.7 Å². The van der Waals surface area contributed by atoms with Crippen molar-refractivity contribution in [3.63, 3.8) is 0 Å². The van der Waals surface area contributed by atoms with Gasteiger partial charge in [0.25, 0.3) is 5.91 Å². The zero-order chi connectivity index (χ0) is 22.2. The third-order valence-corrected chi connectivity index (χ3v) is 5.68. The Balaban J connectivity index is 1.45. The minimum atomic E-state index is -0.278. The number of carbonyl (C=O) groups excluding carboxylic acids is 2. The Labute approximate surface area is 189 Å². The van der Waals surface area contributed by atoms with Crippen LogP contribution in [0, 0.1) is 0 Å². The third kappa shape index (κ3) is 6.68. The Kier molecular flexibility index (Phi) is 8.27. The van der Waals surface area contributed by atoms with Crippen molar-refractivity contribution in [3.8, 4) is 0 Å². The Hall–Kier alpha value is -2.63. The van der Waals surface area contributed by atoms with Crippen LogP contribution in [0.1, 0.15) is 35.3 Å². The quantitative estimate of drug-likeness (QED) is 0.475. The molecule has 0 unspecified atom stereocenters. The van der Waals surface area contributed by atoms with Crippen molar-refractivity contribution < 1.29 is 14.3 Å². The van der Waals surface area contributed by atoms with Gasteiger partial charge in [0.05, 0.1) is 6.61 Å². The summed E-state index contributed by atoms with van der Waals surface area (Å²) < 4.78 is 5.01. The number of rotatable bonds is 7. The van der Waals surface area contributed by atoms with Crippen molar-refractivity contribution in [2.24, 2.45) is 0 Å². The van der Waals surface area contributed by atoms with E-state index in [1.165, 1.54) is 5.56 Å². The molecule has 31 heavy (non-hydrogen) atoms. The van der Waals surface area contributed by atoms with Gasteiger partial charge in [-0.3, -0.25) is 9.69 Å². The molecule has 0 aliphatic carbocycles. The Morgan fingerprint density at radius 1 is 1.00 bits per heavy atom. The molecule has 0 aromatic heterocycles. The average Bonchev–Trinajstić information content (AvgIpc) is 2.79. The number of amides is 1. The van der Waals surface area contributed by atoms with Crippen LogP contribution in [0.15, 0.2) is 54.1 Å². The first-order valence-corrected chi connectivity index (χ1v) is 11.1. The normalized spacial score (nSPS) is 15.1.